The molecule has 1 aliphatic rings. The molecule has 1 aromatic heterocycles. The first-order valence-electron chi connectivity index (χ1n) is 9.27. The predicted octanol–water partition coefficient (Wildman–Crippen LogP) is 4.56. The first-order chi connectivity index (χ1) is 13.0. The molecule has 0 radical (unpaired) electrons. The Morgan fingerprint density at radius 1 is 1.37 bits per heavy atom. The quantitative estimate of drug-likeness (QED) is 0.681. The first kappa shape index (κ1) is 20.1. The van der Waals surface area contributed by atoms with Gasteiger partial charge >= 0.3 is 0 Å². The van der Waals surface area contributed by atoms with Gasteiger partial charge in [-0.15, -0.1) is 10.2 Å². The smallest absolute Gasteiger partial charge is 0.235 e. The van der Waals surface area contributed by atoms with Gasteiger partial charge in [-0.25, -0.2) is 4.39 Å². The zero-order chi connectivity index (χ0) is 19.2. The Morgan fingerprint density at radius 3 is 2.89 bits per heavy atom. The SMILES string of the molecule is CC(Sc1nnc(NC2CCCCC2)s1)C(=O)N(C)Cc1cccc(F)c1. The van der Waals surface area contributed by atoms with Crippen LogP contribution >= 0.6 is 23.1 Å². The third-order valence-corrected chi connectivity index (χ3v) is 6.68. The van der Waals surface area contributed by atoms with Gasteiger partial charge in [-0.05, 0) is 37.5 Å². The molecular weight excluding hydrogens is 383 g/mol. The number of benzene rings is 1. The minimum absolute atomic E-state index is 0.0127. The van der Waals surface area contributed by atoms with Crippen molar-refractivity contribution >= 4 is 34.1 Å². The Kier molecular flexibility index (Phi) is 7.07. The van der Waals surface area contributed by atoms with Crippen LogP contribution in [0.15, 0.2) is 28.6 Å². The van der Waals surface area contributed by atoms with Crippen LogP contribution < -0.4 is 5.32 Å². The number of carbonyl (C=O) groups excluding carboxylic acids is 1. The molecule has 0 saturated heterocycles. The summed E-state index contributed by atoms with van der Waals surface area (Å²) in [5, 5.41) is 12.4. The number of aromatic nitrogens is 2. The second kappa shape index (κ2) is 9.50. The molecule has 1 unspecified atom stereocenters. The van der Waals surface area contributed by atoms with Crippen molar-refractivity contribution in [2.75, 3.05) is 12.4 Å². The minimum Gasteiger partial charge on any atom is -0.357 e. The van der Waals surface area contributed by atoms with Crippen LogP contribution in [0.3, 0.4) is 0 Å². The van der Waals surface area contributed by atoms with E-state index in [1.54, 1.807) is 18.0 Å². The average molecular weight is 409 g/mol. The number of carbonyl (C=O) groups is 1. The van der Waals surface area contributed by atoms with E-state index < -0.39 is 0 Å². The molecule has 3 rings (SSSR count). The van der Waals surface area contributed by atoms with E-state index in [1.165, 1.54) is 67.3 Å². The molecule has 1 heterocycles. The summed E-state index contributed by atoms with van der Waals surface area (Å²) < 4.78 is 14.1. The normalized spacial score (nSPS) is 16.1. The summed E-state index contributed by atoms with van der Waals surface area (Å²) in [4.78, 5) is 14.2. The van der Waals surface area contributed by atoms with Crippen LogP contribution in [0.2, 0.25) is 0 Å². The van der Waals surface area contributed by atoms with Crippen molar-refractivity contribution in [3.8, 4) is 0 Å². The van der Waals surface area contributed by atoms with Gasteiger partial charge in [-0.2, -0.15) is 0 Å². The third kappa shape index (κ3) is 5.90. The number of anilines is 1. The number of amides is 1. The maximum Gasteiger partial charge on any atom is 0.235 e. The lowest BCUT2D eigenvalue weighted by Crippen LogP contribution is -2.32. The summed E-state index contributed by atoms with van der Waals surface area (Å²) in [7, 11) is 1.74. The molecule has 5 nitrogen and oxygen atoms in total. The van der Waals surface area contributed by atoms with Crippen molar-refractivity contribution in [3.63, 3.8) is 0 Å². The zero-order valence-corrected chi connectivity index (χ0v) is 17.3. The van der Waals surface area contributed by atoms with Crippen molar-refractivity contribution in [3.05, 3.63) is 35.6 Å². The van der Waals surface area contributed by atoms with E-state index in [0.717, 1.165) is 15.0 Å². The van der Waals surface area contributed by atoms with Gasteiger partial charge in [0.2, 0.25) is 11.0 Å². The molecule has 1 aliphatic carbocycles. The molecule has 0 bridgehead atoms. The fourth-order valence-electron chi connectivity index (χ4n) is 3.24. The lowest BCUT2D eigenvalue weighted by atomic mass is 9.96. The summed E-state index contributed by atoms with van der Waals surface area (Å²) in [6.45, 7) is 2.25. The van der Waals surface area contributed by atoms with E-state index in [9.17, 15) is 9.18 Å². The monoisotopic (exact) mass is 408 g/mol. The molecule has 27 heavy (non-hydrogen) atoms. The number of hydrogen-bond acceptors (Lipinski definition) is 6. The van der Waals surface area contributed by atoms with Crippen molar-refractivity contribution in [1.29, 1.82) is 0 Å². The molecule has 8 heteroatoms. The Morgan fingerprint density at radius 2 is 2.15 bits per heavy atom. The highest BCUT2D eigenvalue weighted by Gasteiger charge is 2.21. The fourth-order valence-corrected chi connectivity index (χ4v) is 5.32. The molecule has 1 aromatic carbocycles. The number of thioether (sulfide) groups is 1. The van der Waals surface area contributed by atoms with Gasteiger partial charge in [-0.3, -0.25) is 4.79 Å². The number of rotatable bonds is 7. The number of nitrogens with zero attached hydrogens (tertiary/aromatic N) is 3. The second-order valence-electron chi connectivity index (χ2n) is 6.94. The van der Waals surface area contributed by atoms with Gasteiger partial charge in [-0.1, -0.05) is 54.5 Å². The maximum absolute atomic E-state index is 13.3. The van der Waals surface area contributed by atoms with Crippen LogP contribution in [0.4, 0.5) is 9.52 Å². The summed E-state index contributed by atoms with van der Waals surface area (Å²) in [6.07, 6.45) is 6.21. The summed E-state index contributed by atoms with van der Waals surface area (Å²) >= 11 is 2.92. The van der Waals surface area contributed by atoms with Crippen molar-refractivity contribution in [1.82, 2.24) is 15.1 Å². The number of halogens is 1. The molecular formula is C19H25FN4OS2. The average Bonchev–Trinajstić information content (AvgIpc) is 3.08. The highest BCUT2D eigenvalue weighted by atomic mass is 32.2. The molecule has 1 saturated carbocycles. The van der Waals surface area contributed by atoms with Crippen LogP contribution in [-0.2, 0) is 11.3 Å². The molecule has 0 spiro atoms. The second-order valence-corrected chi connectivity index (χ2v) is 9.50. The van der Waals surface area contributed by atoms with E-state index in [2.05, 4.69) is 15.5 Å². The van der Waals surface area contributed by atoms with Crippen molar-refractivity contribution in [2.24, 2.45) is 0 Å². The Labute approximate surface area is 167 Å². The topological polar surface area (TPSA) is 58.1 Å². The Hall–Kier alpha value is -1.67. The maximum atomic E-state index is 13.3. The lowest BCUT2D eigenvalue weighted by molar-refractivity contribution is -0.129. The van der Waals surface area contributed by atoms with Gasteiger partial charge in [0.15, 0.2) is 4.34 Å². The molecule has 0 aliphatic heterocycles. The van der Waals surface area contributed by atoms with Crippen LogP contribution in [0.5, 0.6) is 0 Å². The standard InChI is InChI=1S/C19H25FN4OS2/c1-13(17(25)24(2)12-14-7-6-8-15(20)11-14)26-19-23-22-18(27-19)21-16-9-4-3-5-10-16/h6-8,11,13,16H,3-5,9-10,12H2,1-2H3,(H,21,22). The van der Waals surface area contributed by atoms with Gasteiger partial charge in [0, 0.05) is 19.6 Å². The highest BCUT2D eigenvalue weighted by molar-refractivity contribution is 8.02. The van der Waals surface area contributed by atoms with E-state index in [1.807, 2.05) is 13.0 Å². The Bertz CT molecular complexity index is 764. The summed E-state index contributed by atoms with van der Waals surface area (Å²) in [6, 6.07) is 6.82. The fraction of sp³-hybridized carbons (Fsp3) is 0.526. The van der Waals surface area contributed by atoms with E-state index in [-0.39, 0.29) is 17.0 Å². The van der Waals surface area contributed by atoms with Crippen LogP contribution in [0.1, 0.15) is 44.6 Å². The van der Waals surface area contributed by atoms with Crippen LogP contribution in [0, 0.1) is 5.82 Å². The van der Waals surface area contributed by atoms with Gasteiger partial charge in [0.25, 0.3) is 0 Å². The van der Waals surface area contributed by atoms with Gasteiger partial charge < -0.3 is 10.2 Å². The van der Waals surface area contributed by atoms with E-state index in [4.69, 9.17) is 0 Å². The molecule has 1 atom stereocenters. The number of nitrogens with one attached hydrogen (secondary N) is 1. The molecule has 1 amide bonds. The third-order valence-electron chi connectivity index (χ3n) is 4.65. The molecule has 2 aromatic rings. The summed E-state index contributed by atoms with van der Waals surface area (Å²) in [5.74, 6) is -0.302. The first-order valence-corrected chi connectivity index (χ1v) is 11.0. The molecule has 146 valence electrons. The number of hydrogen-bond donors (Lipinski definition) is 1. The zero-order valence-electron chi connectivity index (χ0n) is 15.7. The summed E-state index contributed by atoms with van der Waals surface area (Å²) in [5.41, 5.74) is 0.776. The van der Waals surface area contributed by atoms with Crippen molar-refractivity contribution in [2.45, 2.75) is 61.2 Å². The van der Waals surface area contributed by atoms with E-state index in [0.29, 0.717) is 12.6 Å². The lowest BCUT2D eigenvalue weighted by Gasteiger charge is -2.21. The molecule has 1 fully saturated rings. The van der Waals surface area contributed by atoms with Crippen molar-refractivity contribution < 1.29 is 9.18 Å². The Balaban J connectivity index is 1.51. The predicted molar refractivity (Wildman–Crippen MR) is 109 cm³/mol. The van der Waals surface area contributed by atoms with Gasteiger partial charge in [0.05, 0.1) is 5.25 Å². The van der Waals surface area contributed by atoms with Crippen LogP contribution in [0.25, 0.3) is 0 Å². The molecule has 1 N–H and O–H groups in total. The van der Waals surface area contributed by atoms with Crippen LogP contribution in [-0.4, -0.2) is 39.3 Å². The highest BCUT2D eigenvalue weighted by Crippen LogP contribution is 2.31. The van der Waals surface area contributed by atoms with Gasteiger partial charge in [0.1, 0.15) is 5.82 Å². The van der Waals surface area contributed by atoms with E-state index >= 15 is 0 Å². The minimum atomic E-state index is -0.289. The largest absolute Gasteiger partial charge is 0.357 e.